The van der Waals surface area contributed by atoms with Crippen molar-refractivity contribution in [2.45, 2.75) is 26.9 Å². The minimum absolute atomic E-state index is 0.260. The highest BCUT2D eigenvalue weighted by atomic mass is 16.5. The van der Waals surface area contributed by atoms with Crippen molar-refractivity contribution in [3.63, 3.8) is 0 Å². The maximum Gasteiger partial charge on any atom is 0.143 e. The number of nitrogens with zero attached hydrogens (tertiary/aromatic N) is 1. The Morgan fingerprint density at radius 1 is 1.47 bits per heavy atom. The molecular formula is C14H22N2O. The lowest BCUT2D eigenvalue weighted by Crippen LogP contribution is -2.44. The van der Waals surface area contributed by atoms with Gasteiger partial charge in [0.05, 0.1) is 12.2 Å². The highest BCUT2D eigenvalue weighted by Gasteiger charge is 2.27. The van der Waals surface area contributed by atoms with Gasteiger partial charge in [-0.1, -0.05) is 19.9 Å². The summed E-state index contributed by atoms with van der Waals surface area (Å²) in [5, 5.41) is 0. The Hall–Kier alpha value is -1.22. The SMILES string of the molecule is Cc1ccc2c(c1)OC(C(C)C)CN2CCN. The van der Waals surface area contributed by atoms with E-state index in [9.17, 15) is 0 Å². The molecule has 0 spiro atoms. The molecule has 3 nitrogen and oxygen atoms in total. The molecule has 0 bridgehead atoms. The molecule has 0 aliphatic carbocycles. The zero-order valence-corrected chi connectivity index (χ0v) is 10.9. The van der Waals surface area contributed by atoms with Crippen molar-refractivity contribution in [2.24, 2.45) is 11.7 Å². The molecule has 94 valence electrons. The quantitative estimate of drug-likeness (QED) is 0.871. The molecule has 0 fully saturated rings. The van der Waals surface area contributed by atoms with Gasteiger partial charge in [-0.05, 0) is 30.5 Å². The van der Waals surface area contributed by atoms with Crippen LogP contribution in [0.2, 0.25) is 0 Å². The third kappa shape index (κ3) is 2.55. The molecule has 0 amide bonds. The maximum absolute atomic E-state index is 6.07. The number of benzene rings is 1. The van der Waals surface area contributed by atoms with Crippen LogP contribution in [0.15, 0.2) is 18.2 Å². The zero-order valence-electron chi connectivity index (χ0n) is 10.9. The van der Waals surface area contributed by atoms with Crippen LogP contribution in [0.4, 0.5) is 5.69 Å². The van der Waals surface area contributed by atoms with Crippen molar-refractivity contribution in [2.75, 3.05) is 24.5 Å². The first-order valence-electron chi connectivity index (χ1n) is 6.34. The first-order valence-corrected chi connectivity index (χ1v) is 6.34. The second-order valence-electron chi connectivity index (χ2n) is 5.11. The fraction of sp³-hybridized carbons (Fsp3) is 0.571. The van der Waals surface area contributed by atoms with E-state index in [0.29, 0.717) is 12.5 Å². The first kappa shape index (κ1) is 12.2. The Kier molecular flexibility index (Phi) is 3.57. The van der Waals surface area contributed by atoms with Gasteiger partial charge in [-0.2, -0.15) is 0 Å². The average molecular weight is 234 g/mol. The van der Waals surface area contributed by atoms with Gasteiger partial charge in [-0.3, -0.25) is 0 Å². The average Bonchev–Trinajstić information content (AvgIpc) is 2.28. The zero-order chi connectivity index (χ0) is 12.4. The van der Waals surface area contributed by atoms with Gasteiger partial charge in [0.15, 0.2) is 0 Å². The first-order chi connectivity index (χ1) is 8.11. The topological polar surface area (TPSA) is 38.5 Å². The third-order valence-electron chi connectivity index (χ3n) is 3.28. The summed E-state index contributed by atoms with van der Waals surface area (Å²) in [7, 11) is 0. The molecule has 1 atom stereocenters. The Balaban J connectivity index is 2.31. The van der Waals surface area contributed by atoms with Crippen molar-refractivity contribution in [3.05, 3.63) is 23.8 Å². The van der Waals surface area contributed by atoms with Gasteiger partial charge >= 0.3 is 0 Å². The second-order valence-corrected chi connectivity index (χ2v) is 5.11. The molecule has 1 aliphatic heterocycles. The van der Waals surface area contributed by atoms with Gasteiger partial charge in [-0.25, -0.2) is 0 Å². The van der Waals surface area contributed by atoms with E-state index in [1.807, 2.05) is 0 Å². The van der Waals surface area contributed by atoms with Gasteiger partial charge in [0.1, 0.15) is 11.9 Å². The third-order valence-corrected chi connectivity index (χ3v) is 3.28. The van der Waals surface area contributed by atoms with E-state index in [1.165, 1.54) is 11.3 Å². The lowest BCUT2D eigenvalue weighted by atomic mass is 10.0. The van der Waals surface area contributed by atoms with E-state index in [4.69, 9.17) is 10.5 Å². The largest absolute Gasteiger partial charge is 0.486 e. The molecule has 1 aliphatic rings. The molecule has 17 heavy (non-hydrogen) atoms. The van der Waals surface area contributed by atoms with Crippen molar-refractivity contribution in [3.8, 4) is 5.75 Å². The van der Waals surface area contributed by atoms with Crippen molar-refractivity contribution < 1.29 is 4.74 Å². The standard InChI is InChI=1S/C14H22N2O/c1-10(2)14-9-16(7-6-15)12-5-4-11(3)8-13(12)17-14/h4-5,8,10,14H,6-7,9,15H2,1-3H3. The Morgan fingerprint density at radius 2 is 2.24 bits per heavy atom. The summed E-state index contributed by atoms with van der Waals surface area (Å²) in [6, 6.07) is 6.38. The summed E-state index contributed by atoms with van der Waals surface area (Å²) >= 11 is 0. The molecule has 0 saturated heterocycles. The smallest absolute Gasteiger partial charge is 0.143 e. The summed E-state index contributed by atoms with van der Waals surface area (Å²) < 4.78 is 6.07. The van der Waals surface area contributed by atoms with Gasteiger partial charge in [0.2, 0.25) is 0 Å². The van der Waals surface area contributed by atoms with E-state index >= 15 is 0 Å². The van der Waals surface area contributed by atoms with Gasteiger partial charge in [0, 0.05) is 13.1 Å². The monoisotopic (exact) mass is 234 g/mol. The van der Waals surface area contributed by atoms with Crippen molar-refractivity contribution >= 4 is 5.69 Å². The molecule has 2 N–H and O–H groups in total. The molecular weight excluding hydrogens is 212 g/mol. The van der Waals surface area contributed by atoms with Crippen LogP contribution in [-0.2, 0) is 0 Å². The van der Waals surface area contributed by atoms with E-state index in [-0.39, 0.29) is 6.10 Å². The molecule has 1 unspecified atom stereocenters. The Morgan fingerprint density at radius 3 is 2.88 bits per heavy atom. The summed E-state index contributed by atoms with van der Waals surface area (Å²) in [4.78, 5) is 2.34. The van der Waals surface area contributed by atoms with Crippen LogP contribution in [-0.4, -0.2) is 25.7 Å². The van der Waals surface area contributed by atoms with Crippen LogP contribution in [0, 0.1) is 12.8 Å². The summed E-state index contributed by atoms with van der Waals surface area (Å²) in [6.45, 7) is 9.00. The van der Waals surface area contributed by atoms with Crippen LogP contribution in [0.5, 0.6) is 5.75 Å². The number of hydrogen-bond acceptors (Lipinski definition) is 3. The lowest BCUT2D eigenvalue weighted by Gasteiger charge is -2.38. The minimum Gasteiger partial charge on any atom is -0.486 e. The number of ether oxygens (including phenoxy) is 1. The molecule has 1 heterocycles. The molecule has 2 rings (SSSR count). The predicted molar refractivity (Wildman–Crippen MR) is 71.7 cm³/mol. The van der Waals surface area contributed by atoms with E-state index in [2.05, 4.69) is 43.9 Å². The van der Waals surface area contributed by atoms with Crippen LogP contribution < -0.4 is 15.4 Å². The molecule has 1 aromatic rings. The summed E-state index contributed by atoms with van der Waals surface area (Å²) in [5.41, 5.74) is 8.10. The fourth-order valence-corrected chi connectivity index (χ4v) is 2.21. The highest BCUT2D eigenvalue weighted by molar-refractivity contribution is 5.61. The van der Waals surface area contributed by atoms with Crippen molar-refractivity contribution in [1.82, 2.24) is 0 Å². The molecule has 0 saturated carbocycles. The number of hydrogen-bond donors (Lipinski definition) is 1. The number of fused-ring (bicyclic) bond motifs is 1. The van der Waals surface area contributed by atoms with E-state index in [0.717, 1.165) is 18.8 Å². The number of anilines is 1. The normalized spacial score (nSPS) is 19.1. The van der Waals surface area contributed by atoms with Gasteiger partial charge < -0.3 is 15.4 Å². The number of aryl methyl sites for hydroxylation is 1. The van der Waals surface area contributed by atoms with Gasteiger partial charge in [0.25, 0.3) is 0 Å². The van der Waals surface area contributed by atoms with E-state index in [1.54, 1.807) is 0 Å². The minimum atomic E-state index is 0.260. The summed E-state index contributed by atoms with van der Waals surface area (Å²) in [5.74, 6) is 1.52. The highest BCUT2D eigenvalue weighted by Crippen LogP contribution is 2.35. The Labute approximate surface area is 104 Å². The second kappa shape index (κ2) is 4.96. The molecule has 1 aromatic carbocycles. The van der Waals surface area contributed by atoms with Gasteiger partial charge in [-0.15, -0.1) is 0 Å². The van der Waals surface area contributed by atoms with Crippen LogP contribution >= 0.6 is 0 Å². The molecule has 0 aromatic heterocycles. The van der Waals surface area contributed by atoms with Crippen LogP contribution in [0.25, 0.3) is 0 Å². The predicted octanol–water partition coefficient (Wildman–Crippen LogP) is 2.18. The maximum atomic E-state index is 6.07. The molecule has 0 radical (unpaired) electrons. The van der Waals surface area contributed by atoms with E-state index < -0.39 is 0 Å². The number of nitrogens with two attached hydrogens (primary N) is 1. The van der Waals surface area contributed by atoms with Crippen LogP contribution in [0.3, 0.4) is 0 Å². The molecule has 3 heteroatoms. The Bertz CT molecular complexity index is 390. The number of rotatable bonds is 3. The fourth-order valence-electron chi connectivity index (χ4n) is 2.21. The lowest BCUT2D eigenvalue weighted by molar-refractivity contribution is 0.146. The summed E-state index contributed by atoms with van der Waals surface area (Å²) in [6.07, 6.45) is 0.260. The van der Waals surface area contributed by atoms with Crippen molar-refractivity contribution in [1.29, 1.82) is 0 Å². The van der Waals surface area contributed by atoms with Crippen LogP contribution in [0.1, 0.15) is 19.4 Å².